The molecule has 0 unspecified atom stereocenters. The summed E-state index contributed by atoms with van der Waals surface area (Å²) in [5.41, 5.74) is 0.886. The predicted molar refractivity (Wildman–Crippen MR) is 77.5 cm³/mol. The summed E-state index contributed by atoms with van der Waals surface area (Å²) >= 11 is 5.79. The van der Waals surface area contributed by atoms with Gasteiger partial charge < -0.3 is 10.0 Å². The van der Waals surface area contributed by atoms with Gasteiger partial charge in [0, 0.05) is 23.7 Å². The van der Waals surface area contributed by atoms with Gasteiger partial charge in [-0.25, -0.2) is 0 Å². The number of carbonyl (C=O) groups excluding carboxylic acids is 1. The average Bonchev–Trinajstić information content (AvgIpc) is 3.22. The summed E-state index contributed by atoms with van der Waals surface area (Å²) in [6.07, 6.45) is 5.11. The van der Waals surface area contributed by atoms with E-state index in [0.717, 1.165) is 18.4 Å². The van der Waals surface area contributed by atoms with Gasteiger partial charge in [-0.05, 0) is 36.6 Å². The molecule has 0 aliphatic heterocycles. The molecular formula is C15H16ClNO3. The van der Waals surface area contributed by atoms with E-state index >= 15 is 0 Å². The van der Waals surface area contributed by atoms with Crippen molar-refractivity contribution in [1.29, 1.82) is 0 Å². The third kappa shape index (κ3) is 4.38. The summed E-state index contributed by atoms with van der Waals surface area (Å²) < 4.78 is 0. The van der Waals surface area contributed by atoms with Crippen LogP contribution in [0.3, 0.4) is 0 Å². The molecule has 1 amide bonds. The number of halogens is 1. The predicted octanol–water partition coefficient (Wildman–Crippen LogP) is 2.82. The first-order valence-corrected chi connectivity index (χ1v) is 6.90. The summed E-state index contributed by atoms with van der Waals surface area (Å²) in [7, 11) is 0. The Morgan fingerprint density at radius 2 is 1.95 bits per heavy atom. The molecule has 1 aromatic rings. The minimum Gasteiger partial charge on any atom is -0.481 e. The van der Waals surface area contributed by atoms with E-state index in [1.54, 1.807) is 23.1 Å². The van der Waals surface area contributed by atoms with Crippen LogP contribution in [0.15, 0.2) is 30.3 Å². The van der Waals surface area contributed by atoms with Gasteiger partial charge in [-0.2, -0.15) is 0 Å². The van der Waals surface area contributed by atoms with E-state index in [1.807, 2.05) is 12.1 Å². The Labute approximate surface area is 122 Å². The molecule has 0 saturated heterocycles. The number of rotatable bonds is 6. The van der Waals surface area contributed by atoms with Crippen LogP contribution in [0.4, 0.5) is 0 Å². The Morgan fingerprint density at radius 1 is 1.30 bits per heavy atom. The van der Waals surface area contributed by atoms with Crippen LogP contribution in [0.2, 0.25) is 5.02 Å². The molecule has 1 saturated carbocycles. The van der Waals surface area contributed by atoms with Crippen molar-refractivity contribution in [3.63, 3.8) is 0 Å². The summed E-state index contributed by atoms with van der Waals surface area (Å²) in [6.45, 7) is 0.268. The lowest BCUT2D eigenvalue weighted by atomic mass is 10.2. The van der Waals surface area contributed by atoms with E-state index in [0.29, 0.717) is 5.02 Å². The molecule has 1 N–H and O–H groups in total. The quantitative estimate of drug-likeness (QED) is 0.821. The average molecular weight is 294 g/mol. The first kappa shape index (κ1) is 14.6. The summed E-state index contributed by atoms with van der Waals surface area (Å²) in [5, 5.41) is 9.36. The van der Waals surface area contributed by atoms with E-state index in [9.17, 15) is 9.59 Å². The highest BCUT2D eigenvalue weighted by molar-refractivity contribution is 6.30. The minimum absolute atomic E-state index is 0.0168. The molecule has 4 nitrogen and oxygen atoms in total. The lowest BCUT2D eigenvalue weighted by molar-refractivity contribution is -0.138. The fourth-order valence-corrected chi connectivity index (χ4v) is 2.04. The highest BCUT2D eigenvalue weighted by atomic mass is 35.5. The molecule has 0 heterocycles. The second kappa shape index (κ2) is 6.57. The largest absolute Gasteiger partial charge is 0.481 e. The molecule has 0 radical (unpaired) electrons. The van der Waals surface area contributed by atoms with Crippen LogP contribution >= 0.6 is 11.6 Å². The van der Waals surface area contributed by atoms with Crippen molar-refractivity contribution in [2.24, 2.45) is 0 Å². The molecule has 1 aliphatic rings. The van der Waals surface area contributed by atoms with Crippen molar-refractivity contribution in [2.45, 2.75) is 25.3 Å². The van der Waals surface area contributed by atoms with E-state index < -0.39 is 5.97 Å². The standard InChI is InChI=1S/C15H16ClNO3/c16-12-4-1-11(2-5-12)3-8-14(18)17(13-6-7-13)10-9-15(19)20/h1-5,8,13H,6-7,9-10H2,(H,19,20)/b8-3+. The van der Waals surface area contributed by atoms with Gasteiger partial charge in [0.1, 0.15) is 0 Å². The fourth-order valence-electron chi connectivity index (χ4n) is 1.91. The van der Waals surface area contributed by atoms with E-state index in [1.165, 1.54) is 6.08 Å². The van der Waals surface area contributed by atoms with Gasteiger partial charge in [-0.15, -0.1) is 0 Å². The zero-order valence-corrected chi connectivity index (χ0v) is 11.7. The maximum absolute atomic E-state index is 12.1. The number of nitrogens with zero attached hydrogens (tertiary/aromatic N) is 1. The molecule has 0 bridgehead atoms. The molecule has 1 aliphatic carbocycles. The molecule has 1 aromatic carbocycles. The van der Waals surface area contributed by atoms with E-state index in [4.69, 9.17) is 16.7 Å². The van der Waals surface area contributed by atoms with Crippen LogP contribution in [-0.2, 0) is 9.59 Å². The first-order chi connectivity index (χ1) is 9.56. The van der Waals surface area contributed by atoms with Crippen LogP contribution in [0.25, 0.3) is 6.08 Å². The molecule has 5 heteroatoms. The molecule has 0 spiro atoms. The van der Waals surface area contributed by atoms with Gasteiger partial charge in [-0.1, -0.05) is 23.7 Å². The lowest BCUT2D eigenvalue weighted by Crippen LogP contribution is -2.33. The number of amides is 1. The lowest BCUT2D eigenvalue weighted by Gasteiger charge is -2.19. The van der Waals surface area contributed by atoms with Crippen LogP contribution in [0, 0.1) is 0 Å². The molecule has 0 atom stereocenters. The molecule has 106 valence electrons. The molecule has 1 fully saturated rings. The Bertz CT molecular complexity index is 520. The zero-order chi connectivity index (χ0) is 14.5. The van der Waals surface area contributed by atoms with Gasteiger partial charge in [0.2, 0.25) is 5.91 Å². The van der Waals surface area contributed by atoms with E-state index in [-0.39, 0.29) is 24.9 Å². The maximum Gasteiger partial charge on any atom is 0.305 e. The number of hydrogen-bond acceptors (Lipinski definition) is 2. The molecule has 2 rings (SSSR count). The molecular weight excluding hydrogens is 278 g/mol. The van der Waals surface area contributed by atoms with Gasteiger partial charge in [0.25, 0.3) is 0 Å². The third-order valence-electron chi connectivity index (χ3n) is 3.13. The van der Waals surface area contributed by atoms with Crippen molar-refractivity contribution in [2.75, 3.05) is 6.54 Å². The zero-order valence-electron chi connectivity index (χ0n) is 11.0. The Balaban J connectivity index is 1.97. The van der Waals surface area contributed by atoms with Gasteiger partial charge in [-0.3, -0.25) is 9.59 Å². The van der Waals surface area contributed by atoms with Crippen molar-refractivity contribution in [3.8, 4) is 0 Å². The van der Waals surface area contributed by atoms with E-state index in [2.05, 4.69) is 0 Å². The SMILES string of the molecule is O=C(O)CCN(C(=O)/C=C/c1ccc(Cl)cc1)C1CC1. The van der Waals surface area contributed by atoms with Crippen LogP contribution in [0.5, 0.6) is 0 Å². The highest BCUT2D eigenvalue weighted by Gasteiger charge is 2.31. The van der Waals surface area contributed by atoms with Crippen LogP contribution in [-0.4, -0.2) is 34.5 Å². The second-order valence-corrected chi connectivity index (χ2v) is 5.23. The normalized spacial score (nSPS) is 14.4. The summed E-state index contributed by atoms with van der Waals surface area (Å²) in [6, 6.07) is 7.37. The number of hydrogen-bond donors (Lipinski definition) is 1. The topological polar surface area (TPSA) is 57.6 Å². The Kier molecular flexibility index (Phi) is 4.79. The number of aliphatic carboxylic acids is 1. The monoisotopic (exact) mass is 293 g/mol. The second-order valence-electron chi connectivity index (χ2n) is 4.79. The third-order valence-corrected chi connectivity index (χ3v) is 3.38. The number of benzene rings is 1. The maximum atomic E-state index is 12.1. The van der Waals surface area contributed by atoms with Gasteiger partial charge >= 0.3 is 5.97 Å². The Morgan fingerprint density at radius 3 is 2.50 bits per heavy atom. The smallest absolute Gasteiger partial charge is 0.305 e. The first-order valence-electron chi connectivity index (χ1n) is 6.52. The summed E-state index contributed by atoms with van der Waals surface area (Å²) in [4.78, 5) is 24.3. The highest BCUT2D eigenvalue weighted by Crippen LogP contribution is 2.27. The summed E-state index contributed by atoms with van der Waals surface area (Å²) in [5.74, 6) is -1.02. The molecule has 0 aromatic heterocycles. The van der Waals surface area contributed by atoms with Crippen molar-refractivity contribution in [1.82, 2.24) is 4.90 Å². The minimum atomic E-state index is -0.884. The van der Waals surface area contributed by atoms with Gasteiger partial charge in [0.05, 0.1) is 6.42 Å². The number of carboxylic acids is 1. The number of carbonyl (C=O) groups is 2. The van der Waals surface area contributed by atoms with Crippen molar-refractivity contribution < 1.29 is 14.7 Å². The van der Waals surface area contributed by atoms with Gasteiger partial charge in [0.15, 0.2) is 0 Å². The fraction of sp³-hybridized carbons (Fsp3) is 0.333. The Hall–Kier alpha value is -1.81. The molecule has 20 heavy (non-hydrogen) atoms. The van der Waals surface area contributed by atoms with Crippen LogP contribution < -0.4 is 0 Å². The number of carboxylic acid groups (broad SMARTS) is 1. The van der Waals surface area contributed by atoms with Crippen molar-refractivity contribution in [3.05, 3.63) is 40.9 Å². The van der Waals surface area contributed by atoms with Crippen molar-refractivity contribution >= 4 is 29.6 Å². The van der Waals surface area contributed by atoms with Crippen LogP contribution in [0.1, 0.15) is 24.8 Å².